The molecule has 0 N–H and O–H groups in total. The van der Waals surface area contributed by atoms with Gasteiger partial charge in [0.15, 0.2) is 0 Å². The number of carbonyl (C=O) groups excluding carboxylic acids is 1. The van der Waals surface area contributed by atoms with Gasteiger partial charge in [0.1, 0.15) is 5.75 Å². The maximum absolute atomic E-state index is 11.8. The minimum Gasteiger partial charge on any atom is -0.454 e. The Morgan fingerprint density at radius 1 is 1.25 bits per heavy atom. The fourth-order valence-corrected chi connectivity index (χ4v) is 2.20. The molecule has 1 aliphatic heterocycles. The highest BCUT2D eigenvalue weighted by atomic mass is 16.7. The Kier molecular flexibility index (Phi) is 3.63. The molecule has 2 heterocycles. The first-order valence-corrected chi connectivity index (χ1v) is 6.65. The molecule has 1 aromatic carbocycles. The molecular weight excluding hydrogens is 254 g/mol. The lowest BCUT2D eigenvalue weighted by molar-refractivity contribution is -0.161. The van der Waals surface area contributed by atoms with Gasteiger partial charge >= 0.3 is 5.97 Å². The van der Waals surface area contributed by atoms with E-state index in [1.165, 1.54) is 0 Å². The van der Waals surface area contributed by atoms with E-state index in [1.54, 1.807) is 6.20 Å². The van der Waals surface area contributed by atoms with Crippen molar-refractivity contribution < 1.29 is 14.3 Å². The molecule has 4 heteroatoms. The quantitative estimate of drug-likeness (QED) is 0.800. The highest BCUT2D eigenvalue weighted by Crippen LogP contribution is 2.28. The summed E-state index contributed by atoms with van der Waals surface area (Å²) in [4.78, 5) is 16.0. The molecule has 1 unspecified atom stereocenters. The van der Waals surface area contributed by atoms with Crippen LogP contribution < -0.4 is 4.74 Å². The summed E-state index contributed by atoms with van der Waals surface area (Å²) in [5, 5.41) is 0. The lowest BCUT2D eigenvalue weighted by Gasteiger charge is -2.11. The maximum Gasteiger partial charge on any atom is 0.309 e. The fraction of sp³-hybridized carbons (Fsp3) is 0.250. The van der Waals surface area contributed by atoms with Gasteiger partial charge in [-0.3, -0.25) is 9.78 Å². The molecule has 0 spiro atoms. The third-order valence-corrected chi connectivity index (χ3v) is 3.19. The first-order valence-electron chi connectivity index (χ1n) is 6.65. The van der Waals surface area contributed by atoms with E-state index >= 15 is 0 Å². The Bertz CT molecular complexity index is 573. The lowest BCUT2D eigenvalue weighted by Crippen LogP contribution is -2.22. The highest BCUT2D eigenvalue weighted by molar-refractivity contribution is 5.69. The molecule has 0 radical (unpaired) electrons. The van der Waals surface area contributed by atoms with E-state index in [0.29, 0.717) is 19.3 Å². The first kappa shape index (κ1) is 12.7. The van der Waals surface area contributed by atoms with Crippen molar-refractivity contribution >= 4 is 5.97 Å². The standard InChI is InChI=1S/C16H15NO3/c18-15(9-8-13-6-3-4-10-17-13)20-16-11-12-5-1-2-7-14(12)19-16/h1-7,10,16H,8-9,11H2. The van der Waals surface area contributed by atoms with Crippen LogP contribution in [0.3, 0.4) is 0 Å². The van der Waals surface area contributed by atoms with Gasteiger partial charge in [0.2, 0.25) is 6.29 Å². The van der Waals surface area contributed by atoms with E-state index < -0.39 is 6.29 Å². The fourth-order valence-electron chi connectivity index (χ4n) is 2.20. The van der Waals surface area contributed by atoms with Crippen LogP contribution in [0, 0.1) is 0 Å². The number of para-hydroxylation sites is 1. The van der Waals surface area contributed by atoms with Gasteiger partial charge in [-0.15, -0.1) is 0 Å². The van der Waals surface area contributed by atoms with E-state index in [2.05, 4.69) is 4.98 Å². The number of aromatic nitrogens is 1. The Balaban J connectivity index is 1.49. The van der Waals surface area contributed by atoms with Crippen LogP contribution in [0.5, 0.6) is 5.75 Å². The minimum atomic E-state index is -0.497. The third-order valence-electron chi connectivity index (χ3n) is 3.19. The number of pyridine rings is 1. The zero-order valence-corrected chi connectivity index (χ0v) is 11.0. The van der Waals surface area contributed by atoms with Gasteiger partial charge in [-0.05, 0) is 18.2 Å². The van der Waals surface area contributed by atoms with Gasteiger partial charge in [-0.1, -0.05) is 24.3 Å². The zero-order chi connectivity index (χ0) is 13.8. The molecule has 1 aromatic heterocycles. The van der Waals surface area contributed by atoms with Crippen LogP contribution in [0.4, 0.5) is 0 Å². The van der Waals surface area contributed by atoms with Gasteiger partial charge in [-0.2, -0.15) is 0 Å². The normalized spacial score (nSPS) is 16.3. The monoisotopic (exact) mass is 269 g/mol. The SMILES string of the molecule is O=C(CCc1ccccn1)OC1Cc2ccccc2O1. The molecule has 0 fully saturated rings. The van der Waals surface area contributed by atoms with Crippen molar-refractivity contribution in [2.75, 3.05) is 0 Å². The van der Waals surface area contributed by atoms with Crippen LogP contribution in [0.2, 0.25) is 0 Å². The van der Waals surface area contributed by atoms with Crippen LogP contribution in [0.25, 0.3) is 0 Å². The Hall–Kier alpha value is -2.36. The Morgan fingerprint density at radius 2 is 2.10 bits per heavy atom. The van der Waals surface area contributed by atoms with Gasteiger partial charge < -0.3 is 9.47 Å². The number of hydrogen-bond donors (Lipinski definition) is 0. The van der Waals surface area contributed by atoms with Gasteiger partial charge in [0.05, 0.1) is 12.8 Å². The largest absolute Gasteiger partial charge is 0.454 e. The summed E-state index contributed by atoms with van der Waals surface area (Å²) in [6, 6.07) is 13.4. The minimum absolute atomic E-state index is 0.256. The van der Waals surface area contributed by atoms with Crippen molar-refractivity contribution in [3.05, 3.63) is 59.9 Å². The number of ether oxygens (including phenoxy) is 2. The van der Waals surface area contributed by atoms with Crippen LogP contribution in [0.15, 0.2) is 48.7 Å². The van der Waals surface area contributed by atoms with Crippen molar-refractivity contribution in [2.45, 2.75) is 25.6 Å². The number of nitrogens with zero attached hydrogens (tertiary/aromatic N) is 1. The molecule has 102 valence electrons. The summed E-state index contributed by atoms with van der Waals surface area (Å²) in [5.41, 5.74) is 1.97. The first-order chi connectivity index (χ1) is 9.81. The summed E-state index contributed by atoms with van der Waals surface area (Å²) in [6.07, 6.45) is 2.73. The number of rotatable bonds is 4. The number of esters is 1. The molecule has 0 saturated carbocycles. The number of carbonyl (C=O) groups is 1. The molecule has 4 nitrogen and oxygen atoms in total. The average molecular weight is 269 g/mol. The molecule has 1 aliphatic rings. The van der Waals surface area contributed by atoms with Crippen molar-refractivity contribution in [3.63, 3.8) is 0 Å². The molecule has 20 heavy (non-hydrogen) atoms. The van der Waals surface area contributed by atoms with Crippen LogP contribution in [-0.2, 0) is 22.4 Å². The molecule has 0 amide bonds. The van der Waals surface area contributed by atoms with Gasteiger partial charge in [0, 0.05) is 23.9 Å². The van der Waals surface area contributed by atoms with E-state index in [-0.39, 0.29) is 5.97 Å². The van der Waals surface area contributed by atoms with Crippen LogP contribution >= 0.6 is 0 Å². The summed E-state index contributed by atoms with van der Waals surface area (Å²) in [5.74, 6) is 0.545. The van der Waals surface area contributed by atoms with Crippen molar-refractivity contribution in [1.29, 1.82) is 0 Å². The Morgan fingerprint density at radius 3 is 2.90 bits per heavy atom. The summed E-state index contributed by atoms with van der Waals surface area (Å²) < 4.78 is 10.9. The molecular formula is C16H15NO3. The van der Waals surface area contributed by atoms with Gasteiger partial charge in [0.25, 0.3) is 0 Å². The lowest BCUT2D eigenvalue weighted by atomic mass is 10.2. The van der Waals surface area contributed by atoms with E-state index in [9.17, 15) is 4.79 Å². The van der Waals surface area contributed by atoms with Crippen molar-refractivity contribution in [2.24, 2.45) is 0 Å². The zero-order valence-electron chi connectivity index (χ0n) is 11.0. The second-order valence-corrected chi connectivity index (χ2v) is 4.67. The molecule has 0 bridgehead atoms. The van der Waals surface area contributed by atoms with E-state index in [0.717, 1.165) is 17.0 Å². The van der Waals surface area contributed by atoms with Crippen LogP contribution in [-0.4, -0.2) is 17.2 Å². The number of fused-ring (bicyclic) bond motifs is 1. The predicted octanol–water partition coefficient (Wildman–Crippen LogP) is 2.52. The average Bonchev–Trinajstić information content (AvgIpc) is 2.88. The molecule has 1 atom stereocenters. The van der Waals surface area contributed by atoms with Crippen molar-refractivity contribution in [3.8, 4) is 5.75 Å². The highest BCUT2D eigenvalue weighted by Gasteiger charge is 2.25. The van der Waals surface area contributed by atoms with Gasteiger partial charge in [-0.25, -0.2) is 0 Å². The predicted molar refractivity (Wildman–Crippen MR) is 73.2 cm³/mol. The summed E-state index contributed by atoms with van der Waals surface area (Å²) in [6.45, 7) is 0. The smallest absolute Gasteiger partial charge is 0.309 e. The summed E-state index contributed by atoms with van der Waals surface area (Å²) >= 11 is 0. The second-order valence-electron chi connectivity index (χ2n) is 4.67. The number of aryl methyl sites for hydroxylation is 1. The van der Waals surface area contributed by atoms with Crippen LogP contribution in [0.1, 0.15) is 17.7 Å². The molecule has 3 rings (SSSR count). The van der Waals surface area contributed by atoms with Crippen molar-refractivity contribution in [1.82, 2.24) is 4.98 Å². The topological polar surface area (TPSA) is 48.4 Å². The van der Waals surface area contributed by atoms with E-state index in [4.69, 9.17) is 9.47 Å². The molecule has 0 aliphatic carbocycles. The number of hydrogen-bond acceptors (Lipinski definition) is 4. The molecule has 0 saturated heterocycles. The molecule has 2 aromatic rings. The summed E-state index contributed by atoms with van der Waals surface area (Å²) in [7, 11) is 0. The third kappa shape index (κ3) is 2.96. The Labute approximate surface area is 117 Å². The van der Waals surface area contributed by atoms with E-state index in [1.807, 2.05) is 42.5 Å². The number of benzene rings is 1. The maximum atomic E-state index is 11.8. The second kappa shape index (κ2) is 5.74.